The monoisotopic (exact) mass is 427 g/mol. The number of β-amino-alcohol motifs (C(OH)–C–C–N with tert-alkyl or cyclic N) is 1. The molecule has 0 aromatic carbocycles. The van der Waals surface area contributed by atoms with Gasteiger partial charge in [-0.25, -0.2) is 4.98 Å². The van der Waals surface area contributed by atoms with Crippen molar-refractivity contribution in [1.82, 2.24) is 9.88 Å². The first-order valence-electron chi connectivity index (χ1n) is 11.7. The lowest BCUT2D eigenvalue weighted by atomic mass is 9.67. The zero-order valence-electron chi connectivity index (χ0n) is 18.6. The molecular formula is C24H33N3O4. The molecule has 7 nitrogen and oxygen atoms in total. The number of likely N-dealkylation sites (tertiary alicyclic amines) is 1. The SMILES string of the molecule is CC(C)Oc1ccc(N2CC[C@]3(CC[C@@](O)(CN4C(=O)CCC45CC5)CC3)C2=O)cn1. The van der Waals surface area contributed by atoms with E-state index in [1.54, 1.807) is 6.20 Å². The first-order chi connectivity index (χ1) is 14.7. The van der Waals surface area contributed by atoms with Gasteiger partial charge in [0.25, 0.3) is 0 Å². The molecule has 5 rings (SSSR count). The molecule has 2 saturated heterocycles. The average molecular weight is 428 g/mol. The smallest absolute Gasteiger partial charge is 0.233 e. The fourth-order valence-electron chi connectivity index (χ4n) is 5.81. The molecule has 2 aliphatic carbocycles. The van der Waals surface area contributed by atoms with Gasteiger partial charge < -0.3 is 19.6 Å². The first-order valence-corrected chi connectivity index (χ1v) is 11.7. The second kappa shape index (κ2) is 7.19. The Morgan fingerprint density at radius 2 is 1.81 bits per heavy atom. The van der Waals surface area contributed by atoms with Crippen LogP contribution in [0.5, 0.6) is 5.88 Å². The number of amides is 2. The van der Waals surface area contributed by atoms with Crippen molar-refractivity contribution in [3.05, 3.63) is 18.3 Å². The van der Waals surface area contributed by atoms with Gasteiger partial charge in [0, 0.05) is 31.1 Å². The molecule has 1 N–H and O–H groups in total. The Labute approximate surface area is 183 Å². The highest BCUT2D eigenvalue weighted by Gasteiger charge is 2.57. The maximum Gasteiger partial charge on any atom is 0.233 e. The summed E-state index contributed by atoms with van der Waals surface area (Å²) in [5.41, 5.74) is -0.421. The van der Waals surface area contributed by atoms with E-state index in [9.17, 15) is 14.7 Å². The van der Waals surface area contributed by atoms with E-state index < -0.39 is 11.0 Å². The van der Waals surface area contributed by atoms with Gasteiger partial charge in [0.15, 0.2) is 0 Å². The van der Waals surface area contributed by atoms with Crippen LogP contribution in [0.1, 0.15) is 71.6 Å². The average Bonchev–Trinajstić information content (AvgIpc) is 3.39. The van der Waals surface area contributed by atoms with Gasteiger partial charge >= 0.3 is 0 Å². The summed E-state index contributed by atoms with van der Waals surface area (Å²) < 4.78 is 5.60. The van der Waals surface area contributed by atoms with Crippen LogP contribution < -0.4 is 9.64 Å². The number of rotatable bonds is 5. The zero-order valence-corrected chi connectivity index (χ0v) is 18.6. The zero-order chi connectivity index (χ0) is 21.9. The van der Waals surface area contributed by atoms with Gasteiger partial charge in [-0.05, 0) is 71.3 Å². The summed E-state index contributed by atoms with van der Waals surface area (Å²) in [6, 6.07) is 3.71. The van der Waals surface area contributed by atoms with Gasteiger partial charge in [0.1, 0.15) is 0 Å². The van der Waals surface area contributed by atoms with Gasteiger partial charge in [0.2, 0.25) is 17.7 Å². The minimum atomic E-state index is -0.869. The predicted molar refractivity (Wildman–Crippen MR) is 116 cm³/mol. The quantitative estimate of drug-likeness (QED) is 0.781. The van der Waals surface area contributed by atoms with E-state index in [2.05, 4.69) is 4.98 Å². The molecule has 1 aromatic heterocycles. The summed E-state index contributed by atoms with van der Waals surface area (Å²) in [5, 5.41) is 11.3. The lowest BCUT2D eigenvalue weighted by Crippen LogP contribution is -2.51. The van der Waals surface area contributed by atoms with Crippen molar-refractivity contribution in [2.24, 2.45) is 5.41 Å². The van der Waals surface area contributed by atoms with Gasteiger partial charge in [-0.15, -0.1) is 0 Å². The summed E-state index contributed by atoms with van der Waals surface area (Å²) in [6.07, 6.45) is 8.77. The van der Waals surface area contributed by atoms with Crippen LogP contribution in [0.2, 0.25) is 0 Å². The van der Waals surface area contributed by atoms with E-state index >= 15 is 0 Å². The summed E-state index contributed by atoms with van der Waals surface area (Å²) >= 11 is 0. The Morgan fingerprint density at radius 1 is 1.06 bits per heavy atom. The predicted octanol–water partition coefficient (Wildman–Crippen LogP) is 3.05. The van der Waals surface area contributed by atoms with E-state index in [0.29, 0.717) is 51.1 Å². The number of hydrogen-bond acceptors (Lipinski definition) is 5. The molecule has 2 spiro atoms. The molecule has 0 atom stereocenters. The van der Waals surface area contributed by atoms with Gasteiger partial charge in [-0.3, -0.25) is 9.59 Å². The van der Waals surface area contributed by atoms with Crippen LogP contribution in [-0.4, -0.2) is 57.1 Å². The van der Waals surface area contributed by atoms with Crippen LogP contribution in [0.25, 0.3) is 0 Å². The van der Waals surface area contributed by atoms with E-state index in [1.165, 1.54) is 0 Å². The highest BCUT2D eigenvalue weighted by atomic mass is 16.5. The van der Waals surface area contributed by atoms with Crippen LogP contribution in [0.3, 0.4) is 0 Å². The molecule has 4 aliphatic rings. The number of anilines is 1. The second-order valence-electron chi connectivity index (χ2n) is 10.4. The third kappa shape index (κ3) is 3.60. The first kappa shape index (κ1) is 20.7. The molecule has 168 valence electrons. The molecule has 1 aromatic rings. The van der Waals surface area contributed by atoms with Crippen LogP contribution >= 0.6 is 0 Å². The maximum absolute atomic E-state index is 13.4. The number of carbonyl (C=O) groups is 2. The Bertz CT molecular complexity index is 869. The topological polar surface area (TPSA) is 83.0 Å². The van der Waals surface area contributed by atoms with Crippen molar-refractivity contribution in [3.8, 4) is 5.88 Å². The maximum atomic E-state index is 13.4. The van der Waals surface area contributed by atoms with Crippen LogP contribution in [-0.2, 0) is 9.59 Å². The van der Waals surface area contributed by atoms with E-state index in [4.69, 9.17) is 4.74 Å². The molecule has 2 aliphatic heterocycles. The number of nitrogens with zero attached hydrogens (tertiary/aromatic N) is 3. The van der Waals surface area contributed by atoms with Crippen molar-refractivity contribution in [1.29, 1.82) is 0 Å². The standard InChI is InChI=1S/C24H33N3O4/c1-17(2)31-19-4-3-18(15-25-19)26-14-13-22(21(26)29)7-11-24(30,12-8-22)16-27-20(28)5-6-23(27)9-10-23/h3-4,15,17,30H,5-14,16H2,1-2H3/t22-,24+. The molecule has 2 saturated carbocycles. The molecular weight excluding hydrogens is 394 g/mol. The summed E-state index contributed by atoms with van der Waals surface area (Å²) in [7, 11) is 0. The van der Waals surface area contributed by atoms with Crippen molar-refractivity contribution in [3.63, 3.8) is 0 Å². The largest absolute Gasteiger partial charge is 0.475 e. The van der Waals surface area contributed by atoms with Crippen LogP contribution in [0.4, 0.5) is 5.69 Å². The molecule has 2 amide bonds. The van der Waals surface area contributed by atoms with Crippen molar-refractivity contribution in [2.75, 3.05) is 18.0 Å². The van der Waals surface area contributed by atoms with Crippen LogP contribution in [0, 0.1) is 5.41 Å². The lowest BCUT2D eigenvalue weighted by Gasteiger charge is -2.43. The molecule has 3 heterocycles. The Hall–Kier alpha value is -2.15. The highest BCUT2D eigenvalue weighted by Crippen LogP contribution is 2.53. The van der Waals surface area contributed by atoms with E-state index in [0.717, 1.165) is 31.4 Å². The Kier molecular flexibility index (Phi) is 4.81. The third-order valence-electron chi connectivity index (χ3n) is 8.00. The van der Waals surface area contributed by atoms with Gasteiger partial charge in [-0.1, -0.05) is 0 Å². The highest BCUT2D eigenvalue weighted by molar-refractivity contribution is 5.99. The lowest BCUT2D eigenvalue weighted by molar-refractivity contribution is -0.139. The number of ether oxygens (including phenoxy) is 1. The molecule has 4 fully saturated rings. The minimum Gasteiger partial charge on any atom is -0.475 e. The molecule has 7 heteroatoms. The number of carbonyl (C=O) groups excluding carboxylic acids is 2. The van der Waals surface area contributed by atoms with Crippen LogP contribution in [0.15, 0.2) is 18.3 Å². The number of aromatic nitrogens is 1. The van der Waals surface area contributed by atoms with Gasteiger partial charge in [-0.2, -0.15) is 0 Å². The number of pyridine rings is 1. The number of aliphatic hydroxyl groups is 1. The fourth-order valence-corrected chi connectivity index (χ4v) is 5.81. The molecule has 31 heavy (non-hydrogen) atoms. The van der Waals surface area contributed by atoms with Gasteiger partial charge in [0.05, 0.1) is 29.0 Å². The fraction of sp³-hybridized carbons (Fsp3) is 0.708. The summed E-state index contributed by atoms with van der Waals surface area (Å²) in [4.78, 5) is 33.9. The van der Waals surface area contributed by atoms with Crippen molar-refractivity contribution >= 4 is 17.5 Å². The Balaban J connectivity index is 1.23. The number of hydrogen-bond donors (Lipinski definition) is 1. The third-order valence-corrected chi connectivity index (χ3v) is 8.00. The summed E-state index contributed by atoms with van der Waals surface area (Å²) in [5.74, 6) is 0.893. The van der Waals surface area contributed by atoms with Crippen molar-refractivity contribution in [2.45, 2.75) is 88.9 Å². The Morgan fingerprint density at radius 3 is 2.42 bits per heavy atom. The summed E-state index contributed by atoms with van der Waals surface area (Å²) in [6.45, 7) is 5.02. The second-order valence-corrected chi connectivity index (χ2v) is 10.4. The van der Waals surface area contributed by atoms with E-state index in [-0.39, 0.29) is 23.5 Å². The normalized spacial score (nSPS) is 32.0. The molecule has 0 bridgehead atoms. The van der Waals surface area contributed by atoms with E-state index in [1.807, 2.05) is 35.8 Å². The molecule has 0 radical (unpaired) electrons. The molecule has 0 unspecified atom stereocenters. The minimum absolute atomic E-state index is 0.0420. The van der Waals surface area contributed by atoms with Crippen molar-refractivity contribution < 1.29 is 19.4 Å².